The molecule has 0 aliphatic heterocycles. The smallest absolute Gasteiger partial charge is 0.248 e. The minimum absolute atomic E-state index is 0.386. The maximum Gasteiger partial charge on any atom is 0.248 e. The monoisotopic (exact) mass is 285 g/mol. The summed E-state index contributed by atoms with van der Waals surface area (Å²) in [6, 6.07) is 14.1. The summed E-state index contributed by atoms with van der Waals surface area (Å²) in [5.41, 5.74) is 7.93. The summed E-state index contributed by atoms with van der Waals surface area (Å²) in [6.45, 7) is 0.518. The molecule has 0 unspecified atom stereocenters. The Morgan fingerprint density at radius 3 is 2.50 bits per heavy atom. The fraction of sp³-hybridized carbons (Fsp3) is 0.0667. The Balaban J connectivity index is 2.07. The van der Waals surface area contributed by atoms with Crippen molar-refractivity contribution in [1.29, 1.82) is 5.26 Å². The normalized spacial score (nSPS) is 9.80. The average molecular weight is 286 g/mol. The van der Waals surface area contributed by atoms with E-state index in [0.717, 1.165) is 11.3 Å². The van der Waals surface area contributed by atoms with Crippen molar-refractivity contribution in [2.45, 2.75) is 6.54 Å². The molecule has 1 amide bonds. The Morgan fingerprint density at radius 2 is 1.95 bits per heavy atom. The van der Waals surface area contributed by atoms with Gasteiger partial charge in [0.15, 0.2) is 0 Å². The number of rotatable bonds is 4. The summed E-state index contributed by atoms with van der Waals surface area (Å²) >= 11 is 6.10. The fourth-order valence-electron chi connectivity index (χ4n) is 1.70. The third-order valence-corrected chi connectivity index (χ3v) is 3.19. The summed E-state index contributed by atoms with van der Waals surface area (Å²) in [7, 11) is 0. The van der Waals surface area contributed by atoms with Crippen LogP contribution in [0.3, 0.4) is 0 Å². The van der Waals surface area contributed by atoms with Crippen LogP contribution < -0.4 is 11.1 Å². The minimum Gasteiger partial charge on any atom is -0.381 e. The van der Waals surface area contributed by atoms with Crippen LogP contribution in [0.2, 0.25) is 5.02 Å². The predicted molar refractivity (Wildman–Crippen MR) is 78.5 cm³/mol. The SMILES string of the molecule is N#Cc1ccc(NCc2ccc(C(N)=O)cc2Cl)cc1. The lowest BCUT2D eigenvalue weighted by atomic mass is 10.1. The highest BCUT2D eigenvalue weighted by Crippen LogP contribution is 2.19. The van der Waals surface area contributed by atoms with E-state index in [2.05, 4.69) is 11.4 Å². The molecule has 0 fully saturated rings. The number of anilines is 1. The third kappa shape index (κ3) is 3.28. The molecule has 0 heterocycles. The van der Waals surface area contributed by atoms with Crippen molar-refractivity contribution in [3.63, 3.8) is 0 Å². The summed E-state index contributed by atoms with van der Waals surface area (Å²) < 4.78 is 0. The van der Waals surface area contributed by atoms with Gasteiger partial charge in [-0.25, -0.2) is 0 Å². The van der Waals surface area contributed by atoms with Gasteiger partial charge in [0.2, 0.25) is 5.91 Å². The number of amides is 1. The van der Waals surface area contributed by atoms with E-state index in [1.54, 1.807) is 30.3 Å². The third-order valence-electron chi connectivity index (χ3n) is 2.83. The summed E-state index contributed by atoms with van der Waals surface area (Å²) in [5, 5.41) is 12.4. The second-order valence-electron chi connectivity index (χ2n) is 4.21. The standard InChI is InChI=1S/C15H12ClN3O/c16-14-7-11(15(18)20)3-4-12(14)9-19-13-5-1-10(8-17)2-6-13/h1-7,19H,9H2,(H2,18,20). The van der Waals surface area contributed by atoms with Crippen LogP contribution in [0.25, 0.3) is 0 Å². The number of carbonyl (C=O) groups is 1. The van der Waals surface area contributed by atoms with Crippen molar-refractivity contribution in [3.8, 4) is 6.07 Å². The molecule has 3 N–H and O–H groups in total. The molecule has 2 aromatic rings. The van der Waals surface area contributed by atoms with Gasteiger partial charge in [-0.2, -0.15) is 5.26 Å². The fourth-order valence-corrected chi connectivity index (χ4v) is 1.95. The van der Waals surface area contributed by atoms with Gasteiger partial charge >= 0.3 is 0 Å². The first-order chi connectivity index (χ1) is 9.60. The van der Waals surface area contributed by atoms with Crippen LogP contribution in [0, 0.1) is 11.3 Å². The number of benzene rings is 2. The van der Waals surface area contributed by atoms with E-state index in [9.17, 15) is 4.79 Å². The molecular formula is C15H12ClN3O. The first kappa shape index (κ1) is 13.9. The van der Waals surface area contributed by atoms with E-state index in [4.69, 9.17) is 22.6 Å². The zero-order valence-electron chi connectivity index (χ0n) is 10.6. The first-order valence-electron chi connectivity index (χ1n) is 5.92. The second kappa shape index (κ2) is 6.09. The summed E-state index contributed by atoms with van der Waals surface area (Å²) in [6.07, 6.45) is 0. The van der Waals surface area contributed by atoms with Gasteiger partial charge < -0.3 is 11.1 Å². The van der Waals surface area contributed by atoms with E-state index in [1.807, 2.05) is 12.1 Å². The minimum atomic E-state index is -0.501. The number of carbonyl (C=O) groups excluding carboxylic acids is 1. The van der Waals surface area contributed by atoms with E-state index >= 15 is 0 Å². The number of hydrogen-bond donors (Lipinski definition) is 2. The highest BCUT2D eigenvalue weighted by Gasteiger charge is 2.05. The van der Waals surface area contributed by atoms with Crippen LogP contribution in [0.4, 0.5) is 5.69 Å². The van der Waals surface area contributed by atoms with Gasteiger partial charge in [0.05, 0.1) is 11.6 Å². The Labute approximate surface area is 121 Å². The molecule has 0 saturated heterocycles. The van der Waals surface area contributed by atoms with Crippen LogP contribution >= 0.6 is 11.6 Å². The van der Waals surface area contributed by atoms with Crippen LogP contribution in [-0.2, 0) is 6.54 Å². The second-order valence-corrected chi connectivity index (χ2v) is 4.62. The largest absolute Gasteiger partial charge is 0.381 e. The molecule has 0 bridgehead atoms. The van der Waals surface area contributed by atoms with E-state index in [1.165, 1.54) is 0 Å². The number of nitrogens with two attached hydrogens (primary N) is 1. The molecule has 2 aromatic carbocycles. The molecular weight excluding hydrogens is 274 g/mol. The van der Waals surface area contributed by atoms with Crippen molar-refractivity contribution in [2.24, 2.45) is 5.73 Å². The van der Waals surface area contributed by atoms with Crippen molar-refractivity contribution in [1.82, 2.24) is 0 Å². The van der Waals surface area contributed by atoms with Crippen LogP contribution in [0.5, 0.6) is 0 Å². The molecule has 0 radical (unpaired) electrons. The number of nitrogens with zero attached hydrogens (tertiary/aromatic N) is 1. The van der Waals surface area contributed by atoms with Gasteiger partial charge in [-0.05, 0) is 42.0 Å². The number of halogens is 1. The molecule has 0 aliphatic rings. The molecule has 4 nitrogen and oxygen atoms in total. The molecule has 5 heteroatoms. The van der Waals surface area contributed by atoms with Gasteiger partial charge in [-0.15, -0.1) is 0 Å². The molecule has 0 atom stereocenters. The zero-order valence-corrected chi connectivity index (χ0v) is 11.3. The van der Waals surface area contributed by atoms with Crippen molar-refractivity contribution in [2.75, 3.05) is 5.32 Å². The Kier molecular flexibility index (Phi) is 4.24. The average Bonchev–Trinajstić information content (AvgIpc) is 2.46. The maximum atomic E-state index is 11.0. The van der Waals surface area contributed by atoms with Crippen LogP contribution in [0.15, 0.2) is 42.5 Å². The lowest BCUT2D eigenvalue weighted by Crippen LogP contribution is -2.11. The highest BCUT2D eigenvalue weighted by atomic mass is 35.5. The van der Waals surface area contributed by atoms with E-state index in [-0.39, 0.29) is 0 Å². The molecule has 100 valence electrons. The highest BCUT2D eigenvalue weighted by molar-refractivity contribution is 6.31. The summed E-state index contributed by atoms with van der Waals surface area (Å²) in [4.78, 5) is 11.0. The van der Waals surface area contributed by atoms with Gasteiger partial charge in [-0.1, -0.05) is 17.7 Å². The van der Waals surface area contributed by atoms with Gasteiger partial charge in [0.1, 0.15) is 0 Å². The molecule has 0 aromatic heterocycles. The van der Waals surface area contributed by atoms with Crippen molar-refractivity contribution in [3.05, 3.63) is 64.2 Å². The lowest BCUT2D eigenvalue weighted by molar-refractivity contribution is 0.100. The predicted octanol–water partition coefficient (Wildman–Crippen LogP) is 2.92. The molecule has 0 saturated carbocycles. The van der Waals surface area contributed by atoms with Gasteiger partial charge in [0, 0.05) is 22.8 Å². The Bertz CT molecular complexity index is 675. The number of primary amides is 1. The van der Waals surface area contributed by atoms with E-state index < -0.39 is 5.91 Å². The van der Waals surface area contributed by atoms with Gasteiger partial charge in [-0.3, -0.25) is 4.79 Å². The topological polar surface area (TPSA) is 78.9 Å². The van der Waals surface area contributed by atoms with Crippen molar-refractivity contribution >= 4 is 23.2 Å². The number of nitrogens with one attached hydrogen (secondary N) is 1. The quantitative estimate of drug-likeness (QED) is 0.906. The molecule has 2 rings (SSSR count). The number of hydrogen-bond acceptors (Lipinski definition) is 3. The Morgan fingerprint density at radius 1 is 1.25 bits per heavy atom. The van der Waals surface area contributed by atoms with Crippen LogP contribution in [0.1, 0.15) is 21.5 Å². The first-order valence-corrected chi connectivity index (χ1v) is 6.30. The van der Waals surface area contributed by atoms with E-state index in [0.29, 0.717) is 22.7 Å². The van der Waals surface area contributed by atoms with Crippen molar-refractivity contribution < 1.29 is 4.79 Å². The Hall–Kier alpha value is -2.51. The molecule has 0 spiro atoms. The molecule has 0 aliphatic carbocycles. The molecule has 20 heavy (non-hydrogen) atoms. The zero-order chi connectivity index (χ0) is 14.5. The van der Waals surface area contributed by atoms with Gasteiger partial charge in [0.25, 0.3) is 0 Å². The van der Waals surface area contributed by atoms with Crippen LogP contribution in [-0.4, -0.2) is 5.91 Å². The lowest BCUT2D eigenvalue weighted by Gasteiger charge is -2.09. The summed E-state index contributed by atoms with van der Waals surface area (Å²) in [5.74, 6) is -0.501. The maximum absolute atomic E-state index is 11.0. The number of nitriles is 1.